The summed E-state index contributed by atoms with van der Waals surface area (Å²) in [5.41, 5.74) is 2.78. The zero-order valence-electron chi connectivity index (χ0n) is 9.18. The third-order valence-corrected chi connectivity index (χ3v) is 3.57. The number of nitrogens with one attached hydrogen (secondary N) is 1. The molecule has 1 saturated carbocycles. The summed E-state index contributed by atoms with van der Waals surface area (Å²) in [6.45, 7) is 3.27. The Labute approximate surface area is 90.6 Å². The first-order valence-electron chi connectivity index (χ1n) is 5.81. The molecule has 0 atom stereocenters. The summed E-state index contributed by atoms with van der Waals surface area (Å²) in [5, 5.41) is 3.38. The molecule has 1 heterocycles. The minimum absolute atomic E-state index is 0.104. The lowest BCUT2D eigenvalue weighted by Gasteiger charge is -2.38. The molecule has 2 nitrogen and oxygen atoms in total. The van der Waals surface area contributed by atoms with Gasteiger partial charge in [-0.05, 0) is 44.2 Å². The standard InChI is InChI=1S/C13H17NO/c1-13(6-2-7-13)15-11-4-3-10-5-8-14-12(10)9-11/h3-4,9,14H,2,5-8H2,1H3. The summed E-state index contributed by atoms with van der Waals surface area (Å²) in [4.78, 5) is 0. The van der Waals surface area contributed by atoms with Crippen molar-refractivity contribution in [3.8, 4) is 5.75 Å². The van der Waals surface area contributed by atoms with Crippen LogP contribution in [0.15, 0.2) is 18.2 Å². The van der Waals surface area contributed by atoms with Gasteiger partial charge < -0.3 is 10.1 Å². The summed E-state index contributed by atoms with van der Waals surface area (Å²) in [6.07, 6.45) is 4.83. The molecule has 2 heteroatoms. The molecule has 2 aliphatic rings. The topological polar surface area (TPSA) is 21.3 Å². The fraction of sp³-hybridized carbons (Fsp3) is 0.538. The number of ether oxygens (including phenoxy) is 1. The van der Waals surface area contributed by atoms with Crippen molar-refractivity contribution >= 4 is 5.69 Å². The third kappa shape index (κ3) is 1.58. The molecule has 0 unspecified atom stereocenters. The first-order chi connectivity index (χ1) is 7.25. The second kappa shape index (κ2) is 3.16. The van der Waals surface area contributed by atoms with Crippen molar-refractivity contribution in [1.29, 1.82) is 0 Å². The highest BCUT2D eigenvalue weighted by Crippen LogP contribution is 2.37. The van der Waals surface area contributed by atoms with E-state index in [1.807, 2.05) is 0 Å². The van der Waals surface area contributed by atoms with Gasteiger partial charge in [0.15, 0.2) is 0 Å². The smallest absolute Gasteiger partial charge is 0.122 e. The van der Waals surface area contributed by atoms with Crippen LogP contribution in [0.3, 0.4) is 0 Å². The molecule has 1 aromatic rings. The number of hydrogen-bond acceptors (Lipinski definition) is 2. The van der Waals surface area contributed by atoms with E-state index in [1.54, 1.807) is 0 Å². The summed E-state index contributed by atoms with van der Waals surface area (Å²) in [6, 6.07) is 6.44. The van der Waals surface area contributed by atoms with Gasteiger partial charge >= 0.3 is 0 Å². The van der Waals surface area contributed by atoms with E-state index in [9.17, 15) is 0 Å². The SMILES string of the molecule is CC1(Oc2ccc3c(c2)NCC3)CCC1. The Kier molecular flexibility index (Phi) is 1.91. The monoisotopic (exact) mass is 203 g/mol. The van der Waals surface area contributed by atoms with Crippen LogP contribution in [0.1, 0.15) is 31.7 Å². The molecule has 0 aromatic heterocycles. The Hall–Kier alpha value is -1.18. The summed E-state index contributed by atoms with van der Waals surface area (Å²) in [7, 11) is 0. The van der Waals surface area contributed by atoms with Gasteiger partial charge in [0.1, 0.15) is 11.4 Å². The van der Waals surface area contributed by atoms with E-state index in [0.717, 1.165) is 18.7 Å². The summed E-state index contributed by atoms with van der Waals surface area (Å²) >= 11 is 0. The summed E-state index contributed by atoms with van der Waals surface area (Å²) in [5.74, 6) is 1.02. The highest BCUT2D eigenvalue weighted by atomic mass is 16.5. The van der Waals surface area contributed by atoms with E-state index in [-0.39, 0.29) is 5.60 Å². The number of benzene rings is 1. The minimum atomic E-state index is 0.104. The predicted octanol–water partition coefficient (Wildman–Crippen LogP) is 2.98. The van der Waals surface area contributed by atoms with Crippen molar-refractivity contribution in [2.75, 3.05) is 11.9 Å². The maximum absolute atomic E-state index is 6.02. The first kappa shape index (κ1) is 9.08. The van der Waals surface area contributed by atoms with Gasteiger partial charge in [0, 0.05) is 18.3 Å². The van der Waals surface area contributed by atoms with Crippen LogP contribution >= 0.6 is 0 Å². The highest BCUT2D eigenvalue weighted by Gasteiger charge is 2.34. The molecular formula is C13H17NO. The van der Waals surface area contributed by atoms with Gasteiger partial charge in [0.2, 0.25) is 0 Å². The lowest BCUT2D eigenvalue weighted by Crippen LogP contribution is -2.39. The van der Waals surface area contributed by atoms with Crippen molar-refractivity contribution in [3.05, 3.63) is 23.8 Å². The van der Waals surface area contributed by atoms with Crippen LogP contribution in [0.5, 0.6) is 5.75 Å². The van der Waals surface area contributed by atoms with E-state index in [1.165, 1.54) is 30.5 Å². The molecule has 1 aliphatic heterocycles. The first-order valence-corrected chi connectivity index (χ1v) is 5.81. The molecular weight excluding hydrogens is 186 g/mol. The zero-order chi connectivity index (χ0) is 10.3. The molecule has 1 aliphatic carbocycles. The second-order valence-corrected chi connectivity index (χ2v) is 4.90. The normalized spacial score (nSPS) is 21.4. The van der Waals surface area contributed by atoms with Crippen LogP contribution in [0.25, 0.3) is 0 Å². The Bertz CT molecular complexity index is 382. The lowest BCUT2D eigenvalue weighted by atomic mass is 9.82. The van der Waals surface area contributed by atoms with Crippen LogP contribution in [0.4, 0.5) is 5.69 Å². The molecule has 1 N–H and O–H groups in total. The largest absolute Gasteiger partial charge is 0.488 e. The van der Waals surface area contributed by atoms with Crippen LogP contribution < -0.4 is 10.1 Å². The third-order valence-electron chi connectivity index (χ3n) is 3.57. The van der Waals surface area contributed by atoms with Crippen LogP contribution in [-0.2, 0) is 6.42 Å². The van der Waals surface area contributed by atoms with Crippen molar-refractivity contribution in [2.45, 2.75) is 38.2 Å². The van der Waals surface area contributed by atoms with Gasteiger partial charge in [-0.2, -0.15) is 0 Å². The molecule has 0 amide bonds. The van der Waals surface area contributed by atoms with Gasteiger partial charge in [-0.25, -0.2) is 0 Å². The Morgan fingerprint density at radius 3 is 2.93 bits per heavy atom. The van der Waals surface area contributed by atoms with Gasteiger partial charge in [0.25, 0.3) is 0 Å². The molecule has 0 radical (unpaired) electrons. The number of anilines is 1. The Balaban J connectivity index is 1.81. The molecule has 0 bridgehead atoms. The molecule has 15 heavy (non-hydrogen) atoms. The Morgan fingerprint density at radius 2 is 2.20 bits per heavy atom. The zero-order valence-corrected chi connectivity index (χ0v) is 9.18. The summed E-state index contributed by atoms with van der Waals surface area (Å²) < 4.78 is 6.02. The van der Waals surface area contributed by atoms with Gasteiger partial charge in [0.05, 0.1) is 0 Å². The maximum Gasteiger partial charge on any atom is 0.122 e. The van der Waals surface area contributed by atoms with Crippen LogP contribution in [0, 0.1) is 0 Å². The van der Waals surface area contributed by atoms with Gasteiger partial charge in [-0.3, -0.25) is 0 Å². The molecule has 3 rings (SSSR count). The fourth-order valence-corrected chi connectivity index (χ4v) is 2.39. The van der Waals surface area contributed by atoms with Gasteiger partial charge in [-0.15, -0.1) is 0 Å². The van der Waals surface area contributed by atoms with E-state index in [0.29, 0.717) is 0 Å². The van der Waals surface area contributed by atoms with Crippen molar-refractivity contribution in [1.82, 2.24) is 0 Å². The van der Waals surface area contributed by atoms with Crippen molar-refractivity contribution in [2.24, 2.45) is 0 Å². The fourth-order valence-electron chi connectivity index (χ4n) is 2.39. The molecule has 1 fully saturated rings. The van der Waals surface area contributed by atoms with E-state index < -0.39 is 0 Å². The van der Waals surface area contributed by atoms with Crippen molar-refractivity contribution in [3.63, 3.8) is 0 Å². The van der Waals surface area contributed by atoms with Crippen LogP contribution in [0.2, 0.25) is 0 Å². The lowest BCUT2D eigenvalue weighted by molar-refractivity contribution is 0.0113. The average Bonchev–Trinajstić information content (AvgIpc) is 2.62. The minimum Gasteiger partial charge on any atom is -0.488 e. The quantitative estimate of drug-likeness (QED) is 0.797. The average molecular weight is 203 g/mol. The number of hydrogen-bond donors (Lipinski definition) is 1. The predicted molar refractivity (Wildman–Crippen MR) is 61.5 cm³/mol. The second-order valence-electron chi connectivity index (χ2n) is 4.90. The van der Waals surface area contributed by atoms with E-state index in [2.05, 4.69) is 30.4 Å². The maximum atomic E-state index is 6.02. The van der Waals surface area contributed by atoms with Gasteiger partial charge in [-0.1, -0.05) is 6.07 Å². The number of rotatable bonds is 2. The van der Waals surface area contributed by atoms with Crippen LogP contribution in [-0.4, -0.2) is 12.1 Å². The number of fused-ring (bicyclic) bond motifs is 1. The van der Waals surface area contributed by atoms with Crippen molar-refractivity contribution < 1.29 is 4.74 Å². The van der Waals surface area contributed by atoms with E-state index in [4.69, 9.17) is 4.74 Å². The molecule has 80 valence electrons. The Morgan fingerprint density at radius 1 is 1.33 bits per heavy atom. The van der Waals surface area contributed by atoms with E-state index >= 15 is 0 Å². The molecule has 0 saturated heterocycles. The highest BCUT2D eigenvalue weighted by molar-refractivity contribution is 5.58. The molecule has 0 spiro atoms. The molecule has 1 aromatic carbocycles.